The average Bonchev–Trinajstić information content (AvgIpc) is 2.87. The summed E-state index contributed by atoms with van der Waals surface area (Å²) >= 11 is 1.34. The van der Waals surface area contributed by atoms with E-state index in [2.05, 4.69) is 11.6 Å². The predicted molar refractivity (Wildman–Crippen MR) is 99.1 cm³/mol. The molecule has 0 atom stereocenters. The number of amidine groups is 1. The molecule has 120 valence electrons. The lowest BCUT2D eigenvalue weighted by Crippen LogP contribution is -2.29. The van der Waals surface area contributed by atoms with Crippen molar-refractivity contribution in [3.05, 3.63) is 77.7 Å². The maximum Gasteiger partial charge on any atom is 0.267 e. The molecule has 1 amide bonds. The molecule has 2 aromatic carbocycles. The Morgan fingerprint density at radius 1 is 1.12 bits per heavy atom. The Kier molecular flexibility index (Phi) is 4.82. The zero-order chi connectivity index (χ0) is 16.9. The third kappa shape index (κ3) is 3.58. The number of hydrogen-bond acceptors (Lipinski definition) is 4. The molecular formula is C19H16N2O2S. The third-order valence-electron chi connectivity index (χ3n) is 3.37. The van der Waals surface area contributed by atoms with Crippen LogP contribution in [0.1, 0.15) is 5.56 Å². The highest BCUT2D eigenvalue weighted by Crippen LogP contribution is 2.34. The highest BCUT2D eigenvalue weighted by atomic mass is 32.2. The van der Waals surface area contributed by atoms with Gasteiger partial charge in [0.05, 0.1) is 10.6 Å². The Hall–Kier alpha value is -2.79. The Balaban J connectivity index is 1.93. The number of phenols is 1. The fourth-order valence-electron chi connectivity index (χ4n) is 2.22. The van der Waals surface area contributed by atoms with Crippen LogP contribution < -0.4 is 0 Å². The number of benzene rings is 2. The van der Waals surface area contributed by atoms with Crippen LogP contribution in [0.5, 0.6) is 5.75 Å². The van der Waals surface area contributed by atoms with Gasteiger partial charge in [0.15, 0.2) is 5.17 Å². The van der Waals surface area contributed by atoms with Crippen LogP contribution in [0.4, 0.5) is 5.69 Å². The summed E-state index contributed by atoms with van der Waals surface area (Å²) in [6.07, 6.45) is 3.48. The predicted octanol–water partition coefficient (Wildman–Crippen LogP) is 4.18. The summed E-state index contributed by atoms with van der Waals surface area (Å²) in [5, 5.41) is 9.99. The molecule has 0 radical (unpaired) electrons. The van der Waals surface area contributed by atoms with E-state index in [4.69, 9.17) is 0 Å². The van der Waals surface area contributed by atoms with Gasteiger partial charge in [-0.05, 0) is 47.7 Å². The number of thioether (sulfide) groups is 1. The van der Waals surface area contributed by atoms with Gasteiger partial charge in [-0.3, -0.25) is 9.69 Å². The number of carbonyl (C=O) groups is 1. The molecule has 0 saturated carbocycles. The fraction of sp³-hybridized carbons (Fsp3) is 0.0526. The molecule has 1 saturated heterocycles. The second-order valence-corrected chi connectivity index (χ2v) is 6.15. The molecule has 0 spiro atoms. The summed E-state index contributed by atoms with van der Waals surface area (Å²) < 4.78 is 0. The molecule has 4 nitrogen and oxygen atoms in total. The van der Waals surface area contributed by atoms with Crippen molar-refractivity contribution in [2.75, 3.05) is 6.54 Å². The van der Waals surface area contributed by atoms with E-state index < -0.39 is 0 Å². The molecule has 2 aromatic rings. The van der Waals surface area contributed by atoms with Gasteiger partial charge in [0.2, 0.25) is 0 Å². The zero-order valence-electron chi connectivity index (χ0n) is 12.9. The number of aromatic hydroxyl groups is 1. The largest absolute Gasteiger partial charge is 0.508 e. The standard InChI is InChI=1S/C19H16N2O2S/c1-2-12-21-18(23)17(13-14-8-10-16(22)11-9-14)24-19(21)20-15-6-4-3-5-7-15/h2-11,13,22H,1,12H2/b17-13+,20-19?. The van der Waals surface area contributed by atoms with Crippen molar-refractivity contribution >= 4 is 34.6 Å². The summed E-state index contributed by atoms with van der Waals surface area (Å²) in [6.45, 7) is 4.12. The highest BCUT2D eigenvalue weighted by molar-refractivity contribution is 8.18. The van der Waals surface area contributed by atoms with Crippen LogP contribution in [0.3, 0.4) is 0 Å². The van der Waals surface area contributed by atoms with Gasteiger partial charge in [-0.2, -0.15) is 0 Å². The summed E-state index contributed by atoms with van der Waals surface area (Å²) in [7, 11) is 0. The maximum absolute atomic E-state index is 12.6. The number of aliphatic imine (C=N–C) groups is 1. The van der Waals surface area contributed by atoms with Crippen molar-refractivity contribution in [3.8, 4) is 5.75 Å². The molecule has 1 fully saturated rings. The fourth-order valence-corrected chi connectivity index (χ4v) is 3.22. The maximum atomic E-state index is 12.6. The average molecular weight is 336 g/mol. The first-order chi connectivity index (χ1) is 11.7. The van der Waals surface area contributed by atoms with Gasteiger partial charge in [0.25, 0.3) is 5.91 Å². The van der Waals surface area contributed by atoms with E-state index >= 15 is 0 Å². The monoisotopic (exact) mass is 336 g/mol. The lowest BCUT2D eigenvalue weighted by Gasteiger charge is -2.12. The Morgan fingerprint density at radius 2 is 1.83 bits per heavy atom. The molecular weight excluding hydrogens is 320 g/mol. The van der Waals surface area contributed by atoms with E-state index in [1.54, 1.807) is 41.3 Å². The van der Waals surface area contributed by atoms with Crippen LogP contribution >= 0.6 is 11.8 Å². The number of hydrogen-bond donors (Lipinski definition) is 1. The van der Waals surface area contributed by atoms with Gasteiger partial charge in [0, 0.05) is 6.54 Å². The molecule has 5 heteroatoms. The van der Waals surface area contributed by atoms with Gasteiger partial charge < -0.3 is 5.11 Å². The van der Waals surface area contributed by atoms with E-state index in [1.807, 2.05) is 30.3 Å². The van der Waals surface area contributed by atoms with Crippen LogP contribution in [0.2, 0.25) is 0 Å². The number of nitrogens with zero attached hydrogens (tertiary/aromatic N) is 2. The van der Waals surface area contributed by atoms with Crippen LogP contribution in [0, 0.1) is 0 Å². The molecule has 0 aliphatic carbocycles. The third-order valence-corrected chi connectivity index (χ3v) is 4.38. The first kappa shape index (κ1) is 16.1. The number of carbonyl (C=O) groups excluding carboxylic acids is 1. The molecule has 1 aliphatic heterocycles. The SMILES string of the molecule is C=CCN1C(=O)/C(=C\c2ccc(O)cc2)SC1=Nc1ccccc1. The van der Waals surface area contributed by atoms with E-state index in [0.717, 1.165) is 11.3 Å². The molecule has 24 heavy (non-hydrogen) atoms. The van der Waals surface area contributed by atoms with Crippen LogP contribution in [0.15, 0.2) is 77.1 Å². The second-order valence-electron chi connectivity index (χ2n) is 5.14. The number of para-hydroxylation sites is 1. The van der Waals surface area contributed by atoms with E-state index in [0.29, 0.717) is 16.6 Å². The van der Waals surface area contributed by atoms with Gasteiger partial charge >= 0.3 is 0 Å². The van der Waals surface area contributed by atoms with Crippen molar-refractivity contribution in [1.29, 1.82) is 0 Å². The molecule has 1 aliphatic rings. The van der Waals surface area contributed by atoms with Crippen molar-refractivity contribution in [3.63, 3.8) is 0 Å². The number of amides is 1. The number of phenolic OH excluding ortho intramolecular Hbond substituents is 1. The summed E-state index contributed by atoms with van der Waals surface area (Å²) in [6, 6.07) is 16.2. The van der Waals surface area contributed by atoms with Gasteiger partial charge in [0.1, 0.15) is 5.75 Å². The van der Waals surface area contributed by atoms with Gasteiger partial charge in [-0.25, -0.2) is 4.99 Å². The second kappa shape index (κ2) is 7.19. The normalized spacial score (nSPS) is 17.7. The van der Waals surface area contributed by atoms with Crippen molar-refractivity contribution in [2.45, 2.75) is 0 Å². The first-order valence-corrected chi connectivity index (χ1v) is 8.24. The van der Waals surface area contributed by atoms with E-state index in [9.17, 15) is 9.90 Å². The Labute approximate surface area is 144 Å². The zero-order valence-corrected chi connectivity index (χ0v) is 13.7. The lowest BCUT2D eigenvalue weighted by molar-refractivity contribution is -0.121. The minimum Gasteiger partial charge on any atom is -0.508 e. The van der Waals surface area contributed by atoms with E-state index in [1.165, 1.54) is 11.8 Å². The molecule has 0 unspecified atom stereocenters. The van der Waals surface area contributed by atoms with E-state index in [-0.39, 0.29) is 11.7 Å². The Bertz CT molecular complexity index is 811. The molecule has 1 N–H and O–H groups in total. The minimum atomic E-state index is -0.0948. The minimum absolute atomic E-state index is 0.0948. The van der Waals surface area contributed by atoms with Crippen LogP contribution in [0.25, 0.3) is 6.08 Å². The van der Waals surface area contributed by atoms with Gasteiger partial charge in [-0.1, -0.05) is 36.4 Å². The lowest BCUT2D eigenvalue weighted by atomic mass is 10.2. The van der Waals surface area contributed by atoms with Crippen LogP contribution in [-0.4, -0.2) is 27.6 Å². The molecule has 1 heterocycles. The quantitative estimate of drug-likeness (QED) is 0.673. The van der Waals surface area contributed by atoms with Crippen molar-refractivity contribution < 1.29 is 9.90 Å². The Morgan fingerprint density at radius 3 is 2.50 bits per heavy atom. The molecule has 0 bridgehead atoms. The summed E-state index contributed by atoms with van der Waals surface area (Å²) in [5.41, 5.74) is 1.65. The topological polar surface area (TPSA) is 52.9 Å². The van der Waals surface area contributed by atoms with Crippen LogP contribution in [-0.2, 0) is 4.79 Å². The molecule has 3 rings (SSSR count). The summed E-state index contributed by atoms with van der Waals surface area (Å²) in [5.74, 6) is 0.102. The smallest absolute Gasteiger partial charge is 0.267 e. The molecule has 0 aromatic heterocycles. The van der Waals surface area contributed by atoms with Crippen molar-refractivity contribution in [2.24, 2.45) is 4.99 Å². The highest BCUT2D eigenvalue weighted by Gasteiger charge is 2.32. The van der Waals surface area contributed by atoms with Gasteiger partial charge in [-0.15, -0.1) is 6.58 Å². The first-order valence-electron chi connectivity index (χ1n) is 7.42. The number of rotatable bonds is 4. The van der Waals surface area contributed by atoms with Crippen molar-refractivity contribution in [1.82, 2.24) is 4.90 Å². The summed E-state index contributed by atoms with van der Waals surface area (Å²) in [4.78, 5) is 19.4.